The zero-order chi connectivity index (χ0) is 22.2. The summed E-state index contributed by atoms with van der Waals surface area (Å²) < 4.78 is 19.1. The highest BCUT2D eigenvalue weighted by Crippen LogP contribution is 2.36. The summed E-state index contributed by atoms with van der Waals surface area (Å²) in [6.45, 7) is 0.369. The number of hydrogen-bond donors (Lipinski definition) is 0. The summed E-state index contributed by atoms with van der Waals surface area (Å²) in [5.41, 5.74) is 3.40. The number of carbonyl (C=O) groups excluding carboxylic acids is 1. The van der Waals surface area contributed by atoms with E-state index in [0.29, 0.717) is 28.7 Å². The lowest BCUT2D eigenvalue weighted by atomic mass is 10.1. The molecule has 0 saturated heterocycles. The van der Waals surface area contributed by atoms with Crippen molar-refractivity contribution in [3.8, 4) is 17.2 Å². The Labute approximate surface area is 190 Å². The van der Waals surface area contributed by atoms with Crippen LogP contribution in [0.5, 0.6) is 17.2 Å². The first-order chi connectivity index (χ1) is 15.5. The summed E-state index contributed by atoms with van der Waals surface area (Å²) in [5.74, 6) is 1.99. The van der Waals surface area contributed by atoms with Gasteiger partial charge in [0, 0.05) is 40.8 Å². The molecule has 1 aliphatic rings. The minimum absolute atomic E-state index is 0.152. The molecule has 5 nitrogen and oxygen atoms in total. The first-order valence-electron chi connectivity index (χ1n) is 10.1. The van der Waals surface area contributed by atoms with Gasteiger partial charge < -0.3 is 18.8 Å². The van der Waals surface area contributed by atoms with E-state index >= 15 is 0 Å². The van der Waals surface area contributed by atoms with Gasteiger partial charge in [0.15, 0.2) is 5.76 Å². The molecule has 160 valence electrons. The van der Waals surface area contributed by atoms with Gasteiger partial charge in [-0.2, -0.15) is 0 Å². The van der Waals surface area contributed by atoms with Crippen LogP contribution in [0.25, 0.3) is 17.0 Å². The van der Waals surface area contributed by atoms with E-state index < -0.39 is 0 Å². The van der Waals surface area contributed by atoms with Crippen LogP contribution in [0.1, 0.15) is 21.5 Å². The van der Waals surface area contributed by atoms with Gasteiger partial charge in [-0.15, -0.1) is 0 Å². The van der Waals surface area contributed by atoms with E-state index in [-0.39, 0.29) is 11.5 Å². The normalized spacial score (nSPS) is 14.0. The zero-order valence-corrected chi connectivity index (χ0v) is 18.3. The molecule has 0 bridgehead atoms. The van der Waals surface area contributed by atoms with Gasteiger partial charge in [0.2, 0.25) is 5.78 Å². The molecular formula is C26H20ClNO4. The number of rotatable bonds is 5. The molecule has 1 aliphatic heterocycles. The van der Waals surface area contributed by atoms with Crippen molar-refractivity contribution in [2.75, 3.05) is 7.11 Å². The molecule has 0 radical (unpaired) electrons. The first-order valence-corrected chi connectivity index (χ1v) is 10.5. The Balaban J connectivity index is 1.41. The van der Waals surface area contributed by atoms with Crippen LogP contribution in [0.15, 0.2) is 72.6 Å². The number of aryl methyl sites for hydroxylation is 1. The van der Waals surface area contributed by atoms with Crippen LogP contribution in [0.4, 0.5) is 0 Å². The molecular weight excluding hydrogens is 426 g/mol. The molecule has 2 heterocycles. The summed E-state index contributed by atoms with van der Waals surface area (Å²) in [6, 6.07) is 18.6. The number of ether oxygens (including phenoxy) is 3. The van der Waals surface area contributed by atoms with Crippen molar-refractivity contribution in [1.82, 2.24) is 4.57 Å². The number of methoxy groups -OCH3 is 1. The summed E-state index contributed by atoms with van der Waals surface area (Å²) in [4.78, 5) is 12.9. The highest BCUT2D eigenvalue weighted by molar-refractivity contribution is 6.30. The molecule has 0 fully saturated rings. The van der Waals surface area contributed by atoms with Crippen LogP contribution in [-0.2, 0) is 13.7 Å². The SMILES string of the molecule is COc1ccc2c(c1)c(C=C1Oc3cc(OCc4cccc(Cl)c4)ccc3C1=O)cn2C. The molecule has 5 rings (SSSR count). The van der Waals surface area contributed by atoms with Gasteiger partial charge >= 0.3 is 0 Å². The number of halogens is 1. The van der Waals surface area contributed by atoms with Crippen molar-refractivity contribution in [3.63, 3.8) is 0 Å². The number of ketones is 1. The predicted octanol–water partition coefficient (Wildman–Crippen LogP) is 6.04. The number of nitrogens with zero attached hydrogens (tertiary/aromatic N) is 1. The van der Waals surface area contributed by atoms with Crippen LogP contribution >= 0.6 is 11.6 Å². The zero-order valence-electron chi connectivity index (χ0n) is 17.6. The molecule has 0 unspecified atom stereocenters. The molecule has 0 amide bonds. The number of carbonyl (C=O) groups is 1. The largest absolute Gasteiger partial charge is 0.497 e. The standard InChI is InChI=1S/C26H20ClNO4/c1-28-14-17(22-12-19(30-2)7-9-23(22)28)11-25-26(29)21-8-6-20(13-24(21)32-25)31-15-16-4-3-5-18(27)10-16/h3-14H,15H2,1-2H3. The lowest BCUT2D eigenvalue weighted by Gasteiger charge is -2.07. The van der Waals surface area contributed by atoms with Gasteiger partial charge in [-0.3, -0.25) is 4.79 Å². The van der Waals surface area contributed by atoms with Gasteiger partial charge in [0.1, 0.15) is 23.9 Å². The van der Waals surface area contributed by atoms with E-state index in [4.69, 9.17) is 25.8 Å². The summed E-state index contributed by atoms with van der Waals surface area (Å²) in [5, 5.41) is 1.65. The molecule has 4 aromatic rings. The second-order valence-electron chi connectivity index (χ2n) is 7.59. The number of hydrogen-bond acceptors (Lipinski definition) is 4. The third-order valence-electron chi connectivity index (χ3n) is 5.45. The quantitative estimate of drug-likeness (QED) is 0.352. The average molecular weight is 446 g/mol. The number of aromatic nitrogens is 1. The van der Waals surface area contributed by atoms with Gasteiger partial charge in [-0.1, -0.05) is 23.7 Å². The molecule has 3 aromatic carbocycles. The molecule has 0 atom stereocenters. The van der Waals surface area contributed by atoms with Gasteiger partial charge in [0.05, 0.1) is 12.7 Å². The molecule has 0 spiro atoms. The maximum atomic E-state index is 12.9. The second-order valence-corrected chi connectivity index (χ2v) is 8.03. The molecule has 0 aliphatic carbocycles. The van der Waals surface area contributed by atoms with E-state index in [1.165, 1.54) is 0 Å². The Morgan fingerprint density at radius 3 is 2.72 bits per heavy atom. The molecule has 0 saturated carbocycles. The number of allylic oxidation sites excluding steroid dienone is 1. The van der Waals surface area contributed by atoms with Gasteiger partial charge in [-0.05, 0) is 54.1 Å². The van der Waals surface area contributed by atoms with E-state index in [1.54, 1.807) is 31.4 Å². The fourth-order valence-corrected chi connectivity index (χ4v) is 4.05. The average Bonchev–Trinajstić information content (AvgIpc) is 3.28. The maximum absolute atomic E-state index is 12.9. The summed E-state index contributed by atoms with van der Waals surface area (Å²) in [6.07, 6.45) is 3.74. The van der Waals surface area contributed by atoms with Crippen LogP contribution < -0.4 is 14.2 Å². The number of Topliss-reactive ketones (excluding diaryl/α,β-unsaturated/α-hetero) is 1. The Morgan fingerprint density at radius 1 is 1.06 bits per heavy atom. The van der Waals surface area contributed by atoms with Crippen molar-refractivity contribution in [2.45, 2.75) is 6.61 Å². The van der Waals surface area contributed by atoms with Crippen LogP contribution in [0.3, 0.4) is 0 Å². The third kappa shape index (κ3) is 3.72. The minimum Gasteiger partial charge on any atom is -0.497 e. The van der Waals surface area contributed by atoms with Crippen molar-refractivity contribution < 1.29 is 19.0 Å². The summed E-state index contributed by atoms with van der Waals surface area (Å²) in [7, 11) is 3.60. The van der Waals surface area contributed by atoms with Gasteiger partial charge in [-0.25, -0.2) is 0 Å². The maximum Gasteiger partial charge on any atom is 0.231 e. The highest BCUT2D eigenvalue weighted by atomic mass is 35.5. The third-order valence-corrected chi connectivity index (χ3v) is 5.69. The monoisotopic (exact) mass is 445 g/mol. The molecule has 6 heteroatoms. The number of benzene rings is 3. The van der Waals surface area contributed by atoms with E-state index in [1.807, 2.05) is 60.3 Å². The fourth-order valence-electron chi connectivity index (χ4n) is 3.84. The Morgan fingerprint density at radius 2 is 1.91 bits per heavy atom. The Hall–Kier alpha value is -3.70. The molecule has 1 aromatic heterocycles. The summed E-state index contributed by atoms with van der Waals surface area (Å²) >= 11 is 6.03. The number of fused-ring (bicyclic) bond motifs is 2. The van der Waals surface area contributed by atoms with E-state index in [9.17, 15) is 4.79 Å². The van der Waals surface area contributed by atoms with Crippen molar-refractivity contribution in [1.29, 1.82) is 0 Å². The lowest BCUT2D eigenvalue weighted by Crippen LogP contribution is -1.98. The molecule has 32 heavy (non-hydrogen) atoms. The Bertz CT molecular complexity index is 1390. The van der Waals surface area contributed by atoms with Crippen molar-refractivity contribution >= 4 is 34.4 Å². The van der Waals surface area contributed by atoms with E-state index in [2.05, 4.69) is 0 Å². The Kier molecular flexibility index (Phi) is 5.11. The minimum atomic E-state index is -0.152. The van der Waals surface area contributed by atoms with Crippen LogP contribution in [0.2, 0.25) is 5.02 Å². The van der Waals surface area contributed by atoms with Crippen molar-refractivity contribution in [2.24, 2.45) is 7.05 Å². The highest BCUT2D eigenvalue weighted by Gasteiger charge is 2.28. The first kappa shape index (κ1) is 20.2. The lowest BCUT2D eigenvalue weighted by molar-refractivity contribution is 0.101. The van der Waals surface area contributed by atoms with Crippen LogP contribution in [0, 0.1) is 0 Å². The van der Waals surface area contributed by atoms with Crippen LogP contribution in [-0.4, -0.2) is 17.5 Å². The smallest absolute Gasteiger partial charge is 0.231 e. The van der Waals surface area contributed by atoms with Crippen molar-refractivity contribution in [3.05, 3.63) is 94.3 Å². The fraction of sp³-hybridized carbons (Fsp3) is 0.115. The second kappa shape index (κ2) is 8.09. The topological polar surface area (TPSA) is 49.7 Å². The van der Waals surface area contributed by atoms with Gasteiger partial charge in [0.25, 0.3) is 0 Å². The molecule has 0 N–H and O–H groups in total. The predicted molar refractivity (Wildman–Crippen MR) is 125 cm³/mol. The van der Waals surface area contributed by atoms with E-state index in [0.717, 1.165) is 27.8 Å².